The van der Waals surface area contributed by atoms with Crippen molar-refractivity contribution >= 4 is 32.5 Å². The van der Waals surface area contributed by atoms with Gasteiger partial charge in [0, 0.05) is 17.5 Å². The number of benzene rings is 4. The van der Waals surface area contributed by atoms with E-state index in [0.717, 1.165) is 43.8 Å². The molecule has 160 valence electrons. The van der Waals surface area contributed by atoms with Crippen molar-refractivity contribution in [1.82, 2.24) is 0 Å². The van der Waals surface area contributed by atoms with Crippen molar-refractivity contribution in [3.8, 4) is 34.3 Å². The minimum atomic E-state index is 0.649. The molecule has 0 spiro atoms. The fourth-order valence-corrected chi connectivity index (χ4v) is 4.20. The Morgan fingerprint density at radius 1 is 0.531 bits per heavy atom. The molecule has 5 rings (SSSR count). The van der Waals surface area contributed by atoms with Crippen LogP contribution in [-0.4, -0.2) is 28.4 Å². The SMILES string of the molecule is COc1cc2ccc3c4cc(OC)c(OC)cc4c(-c4ccccc4)[o+]c3c2cc1OC. The zero-order valence-electron chi connectivity index (χ0n) is 18.4. The van der Waals surface area contributed by atoms with E-state index in [9.17, 15) is 0 Å². The molecule has 0 atom stereocenters. The molecule has 0 radical (unpaired) electrons. The van der Waals surface area contributed by atoms with E-state index in [2.05, 4.69) is 12.1 Å². The lowest BCUT2D eigenvalue weighted by Gasteiger charge is -2.11. The Bertz CT molecular complexity index is 1460. The van der Waals surface area contributed by atoms with Crippen molar-refractivity contribution in [2.75, 3.05) is 28.4 Å². The number of ether oxygens (including phenoxy) is 4. The molecule has 0 aliphatic heterocycles. The lowest BCUT2D eigenvalue weighted by Crippen LogP contribution is -1.94. The van der Waals surface area contributed by atoms with Gasteiger partial charge in [-0.05, 0) is 35.7 Å². The first kappa shape index (κ1) is 19.9. The number of rotatable bonds is 5. The highest BCUT2D eigenvalue weighted by Gasteiger charge is 2.26. The zero-order valence-corrected chi connectivity index (χ0v) is 18.4. The Morgan fingerprint density at radius 3 is 1.72 bits per heavy atom. The first-order valence-corrected chi connectivity index (χ1v) is 10.2. The van der Waals surface area contributed by atoms with Gasteiger partial charge in [0.25, 0.3) is 0 Å². The monoisotopic (exact) mass is 427 g/mol. The second-order valence-electron chi connectivity index (χ2n) is 7.42. The molecule has 5 nitrogen and oxygen atoms in total. The fourth-order valence-electron chi connectivity index (χ4n) is 4.20. The Balaban J connectivity index is 1.97. The van der Waals surface area contributed by atoms with E-state index in [1.165, 1.54) is 0 Å². The summed E-state index contributed by atoms with van der Waals surface area (Å²) in [7, 11) is 6.55. The van der Waals surface area contributed by atoms with E-state index in [0.29, 0.717) is 23.0 Å². The lowest BCUT2D eigenvalue weighted by molar-refractivity contribution is 0.356. The molecule has 1 aromatic heterocycles. The summed E-state index contributed by atoms with van der Waals surface area (Å²) < 4.78 is 28.9. The third-order valence-electron chi connectivity index (χ3n) is 5.77. The van der Waals surface area contributed by atoms with Gasteiger partial charge < -0.3 is 18.9 Å². The van der Waals surface area contributed by atoms with Crippen LogP contribution in [0.3, 0.4) is 0 Å². The van der Waals surface area contributed by atoms with E-state index >= 15 is 0 Å². The molecule has 0 saturated carbocycles. The summed E-state index contributed by atoms with van der Waals surface area (Å²) in [6.45, 7) is 0. The molecule has 5 heteroatoms. The normalized spacial score (nSPS) is 11.1. The van der Waals surface area contributed by atoms with Gasteiger partial charge in [0.1, 0.15) is 0 Å². The van der Waals surface area contributed by atoms with Crippen LogP contribution in [0.1, 0.15) is 0 Å². The molecule has 0 bridgehead atoms. The molecule has 0 fully saturated rings. The van der Waals surface area contributed by atoms with Crippen molar-refractivity contribution < 1.29 is 23.4 Å². The maximum atomic E-state index is 6.63. The van der Waals surface area contributed by atoms with E-state index in [-0.39, 0.29) is 0 Å². The van der Waals surface area contributed by atoms with E-state index < -0.39 is 0 Å². The Hall–Kier alpha value is -3.99. The third-order valence-corrected chi connectivity index (χ3v) is 5.77. The van der Waals surface area contributed by atoms with Crippen molar-refractivity contribution in [3.63, 3.8) is 0 Å². The maximum absolute atomic E-state index is 6.63. The van der Waals surface area contributed by atoms with Crippen LogP contribution < -0.4 is 18.9 Å². The van der Waals surface area contributed by atoms with Crippen LogP contribution in [0.4, 0.5) is 0 Å². The predicted molar refractivity (Wildman–Crippen MR) is 127 cm³/mol. The number of hydrogen-bond acceptors (Lipinski definition) is 4. The quantitative estimate of drug-likeness (QED) is 0.230. The van der Waals surface area contributed by atoms with Crippen LogP contribution >= 0.6 is 0 Å². The van der Waals surface area contributed by atoms with E-state index in [1.807, 2.05) is 54.6 Å². The van der Waals surface area contributed by atoms with Crippen molar-refractivity contribution in [2.24, 2.45) is 0 Å². The number of hydrogen-bond donors (Lipinski definition) is 0. The van der Waals surface area contributed by atoms with Crippen LogP contribution in [0, 0.1) is 0 Å². The molecule has 0 N–H and O–H groups in total. The van der Waals surface area contributed by atoms with Gasteiger partial charge in [-0.1, -0.05) is 24.3 Å². The highest BCUT2D eigenvalue weighted by Crippen LogP contribution is 2.44. The van der Waals surface area contributed by atoms with Gasteiger partial charge in [-0.25, -0.2) is 4.42 Å². The molecule has 4 aromatic carbocycles. The Labute approximate surface area is 185 Å². The molecular formula is C27H23O5+. The molecule has 0 aliphatic carbocycles. The average Bonchev–Trinajstić information content (AvgIpc) is 2.86. The number of fused-ring (bicyclic) bond motifs is 5. The minimum absolute atomic E-state index is 0.649. The largest absolute Gasteiger partial charge is 0.493 e. The van der Waals surface area contributed by atoms with Gasteiger partial charge in [-0.2, -0.15) is 0 Å². The van der Waals surface area contributed by atoms with E-state index in [1.54, 1.807) is 28.4 Å². The molecule has 1 heterocycles. The van der Waals surface area contributed by atoms with Gasteiger partial charge in [-0.3, -0.25) is 0 Å². The average molecular weight is 427 g/mol. The van der Waals surface area contributed by atoms with Crippen molar-refractivity contribution in [3.05, 3.63) is 66.7 Å². The summed E-state index contributed by atoms with van der Waals surface area (Å²) in [4.78, 5) is 0. The predicted octanol–water partition coefficient (Wildman–Crippen LogP) is 6.72. The molecule has 0 amide bonds. The molecule has 0 saturated heterocycles. The molecule has 0 unspecified atom stereocenters. The minimum Gasteiger partial charge on any atom is -0.493 e. The second-order valence-corrected chi connectivity index (χ2v) is 7.42. The highest BCUT2D eigenvalue weighted by atomic mass is 16.5. The van der Waals surface area contributed by atoms with Crippen molar-refractivity contribution in [2.45, 2.75) is 0 Å². The summed E-state index contributed by atoms with van der Waals surface area (Å²) >= 11 is 0. The van der Waals surface area contributed by atoms with Crippen LogP contribution in [0.5, 0.6) is 23.0 Å². The van der Waals surface area contributed by atoms with Crippen LogP contribution in [-0.2, 0) is 0 Å². The van der Waals surface area contributed by atoms with Gasteiger partial charge >= 0.3 is 11.3 Å². The zero-order chi connectivity index (χ0) is 22.2. The van der Waals surface area contributed by atoms with Gasteiger partial charge in [-0.15, -0.1) is 0 Å². The van der Waals surface area contributed by atoms with Crippen LogP contribution in [0.25, 0.3) is 43.8 Å². The van der Waals surface area contributed by atoms with Crippen molar-refractivity contribution in [1.29, 1.82) is 0 Å². The topological polar surface area (TPSA) is 48.2 Å². The Kier molecular flexibility index (Phi) is 4.94. The second kappa shape index (κ2) is 7.93. The smallest absolute Gasteiger partial charge is 0.369 e. The van der Waals surface area contributed by atoms with Gasteiger partial charge in [0.05, 0.1) is 50.2 Å². The molecular weight excluding hydrogens is 404 g/mol. The van der Waals surface area contributed by atoms with Gasteiger partial charge in [0.2, 0.25) is 0 Å². The summed E-state index contributed by atoms with van der Waals surface area (Å²) in [5.74, 6) is 3.40. The third kappa shape index (κ3) is 3.05. The van der Waals surface area contributed by atoms with Gasteiger partial charge in [0.15, 0.2) is 23.0 Å². The van der Waals surface area contributed by atoms with Crippen LogP contribution in [0.2, 0.25) is 0 Å². The van der Waals surface area contributed by atoms with Crippen LogP contribution in [0.15, 0.2) is 71.1 Å². The number of methoxy groups -OCH3 is 4. The first-order valence-electron chi connectivity index (χ1n) is 10.2. The highest BCUT2D eigenvalue weighted by molar-refractivity contribution is 6.17. The molecule has 32 heavy (non-hydrogen) atoms. The summed E-state index contributed by atoms with van der Waals surface area (Å²) in [5, 5.41) is 4.87. The summed E-state index contributed by atoms with van der Waals surface area (Å²) in [6.07, 6.45) is 0. The summed E-state index contributed by atoms with van der Waals surface area (Å²) in [6, 6.07) is 22.1. The Morgan fingerprint density at radius 2 is 1.09 bits per heavy atom. The lowest BCUT2D eigenvalue weighted by atomic mass is 9.98. The fraction of sp³-hybridized carbons (Fsp3) is 0.148. The molecule has 5 aromatic rings. The first-order chi connectivity index (χ1) is 15.7. The standard InChI is InChI=1S/C27H23O5/c1-28-22-12-17-10-11-18-20-14-24(30-3)25(31-4)15-21(20)26(16-8-6-5-7-9-16)32-27(18)19(17)13-23(22)29-2/h5-15H,1-4H3/q+1. The van der Waals surface area contributed by atoms with E-state index in [4.69, 9.17) is 23.4 Å². The summed E-state index contributed by atoms with van der Waals surface area (Å²) in [5.41, 5.74) is 1.74. The maximum Gasteiger partial charge on any atom is 0.369 e. The molecule has 0 aliphatic rings.